The van der Waals surface area contributed by atoms with E-state index in [1.54, 1.807) is 0 Å². The first-order chi connectivity index (χ1) is 15.9. The highest BCUT2D eigenvalue weighted by molar-refractivity contribution is 7.21. The first-order valence-corrected chi connectivity index (χ1v) is 11.9. The summed E-state index contributed by atoms with van der Waals surface area (Å²) in [4.78, 5) is 32.0. The van der Waals surface area contributed by atoms with E-state index in [-0.39, 0.29) is 17.9 Å². The second-order valence-electron chi connectivity index (χ2n) is 8.73. The molecule has 9 heteroatoms. The van der Waals surface area contributed by atoms with Crippen LogP contribution in [0.25, 0.3) is 10.2 Å². The SMILES string of the molecule is Cc1ccc2c(N)c(C(=O)NC3COc4cc(N5CCC(C(=O)O)CC5)ccc4C3)sc2n1. The zero-order valence-corrected chi connectivity index (χ0v) is 19.2. The number of carboxylic acid groups (broad SMARTS) is 1. The molecule has 172 valence electrons. The zero-order chi connectivity index (χ0) is 23.1. The Morgan fingerprint density at radius 3 is 2.79 bits per heavy atom. The summed E-state index contributed by atoms with van der Waals surface area (Å²) >= 11 is 1.31. The van der Waals surface area contributed by atoms with Crippen molar-refractivity contribution in [2.45, 2.75) is 32.2 Å². The summed E-state index contributed by atoms with van der Waals surface area (Å²) < 4.78 is 5.99. The molecule has 1 atom stereocenters. The van der Waals surface area contributed by atoms with Crippen LogP contribution in [0.4, 0.5) is 11.4 Å². The number of pyridine rings is 1. The lowest BCUT2D eigenvalue weighted by molar-refractivity contribution is -0.142. The van der Waals surface area contributed by atoms with Crippen molar-refractivity contribution in [3.63, 3.8) is 0 Å². The molecule has 1 saturated heterocycles. The fraction of sp³-hybridized carbons (Fsp3) is 0.375. The lowest BCUT2D eigenvalue weighted by atomic mass is 9.96. The third kappa shape index (κ3) is 4.20. The lowest BCUT2D eigenvalue weighted by Gasteiger charge is -2.33. The van der Waals surface area contributed by atoms with Crippen LogP contribution in [-0.2, 0) is 11.2 Å². The molecular weight excluding hydrogens is 440 g/mol. The minimum absolute atomic E-state index is 0.151. The number of aromatic nitrogens is 1. The van der Waals surface area contributed by atoms with Gasteiger partial charge in [-0.3, -0.25) is 9.59 Å². The number of aliphatic carboxylic acids is 1. The van der Waals surface area contributed by atoms with Crippen LogP contribution in [0.5, 0.6) is 5.75 Å². The molecule has 8 nitrogen and oxygen atoms in total. The van der Waals surface area contributed by atoms with Crippen LogP contribution in [-0.4, -0.2) is 47.7 Å². The number of carbonyl (C=O) groups excluding carboxylic acids is 1. The average molecular weight is 467 g/mol. The maximum absolute atomic E-state index is 12.9. The third-order valence-corrected chi connectivity index (χ3v) is 7.55. The van der Waals surface area contributed by atoms with Crippen molar-refractivity contribution in [1.82, 2.24) is 10.3 Å². The molecule has 0 saturated carbocycles. The van der Waals surface area contributed by atoms with Gasteiger partial charge in [-0.05, 0) is 49.9 Å². The highest BCUT2D eigenvalue weighted by atomic mass is 32.1. The molecular formula is C24H26N4O4S. The smallest absolute Gasteiger partial charge is 0.306 e. The number of amides is 1. The van der Waals surface area contributed by atoms with Crippen LogP contribution in [0.3, 0.4) is 0 Å². The Morgan fingerprint density at radius 2 is 2.03 bits per heavy atom. The van der Waals surface area contributed by atoms with E-state index < -0.39 is 5.97 Å². The maximum Gasteiger partial charge on any atom is 0.306 e. The van der Waals surface area contributed by atoms with E-state index in [1.165, 1.54) is 11.3 Å². The third-order valence-electron chi connectivity index (χ3n) is 6.44. The molecule has 3 aromatic rings. The zero-order valence-electron chi connectivity index (χ0n) is 18.3. The molecule has 33 heavy (non-hydrogen) atoms. The van der Waals surface area contributed by atoms with Gasteiger partial charge in [-0.2, -0.15) is 0 Å². The molecule has 0 spiro atoms. The second-order valence-corrected chi connectivity index (χ2v) is 9.73. The summed E-state index contributed by atoms with van der Waals surface area (Å²) in [6, 6.07) is 9.75. The molecule has 1 amide bonds. The Balaban J connectivity index is 1.25. The van der Waals surface area contributed by atoms with Gasteiger partial charge in [0.1, 0.15) is 22.1 Å². The topological polar surface area (TPSA) is 118 Å². The number of nitrogens with zero attached hydrogens (tertiary/aromatic N) is 2. The lowest BCUT2D eigenvalue weighted by Crippen LogP contribution is -2.42. The Labute approximate surface area is 195 Å². The van der Waals surface area contributed by atoms with Gasteiger partial charge in [0, 0.05) is 35.9 Å². The fourth-order valence-electron chi connectivity index (χ4n) is 4.54. The minimum atomic E-state index is -0.708. The molecule has 2 aliphatic heterocycles. The Hall–Kier alpha value is -3.33. The quantitative estimate of drug-likeness (QED) is 0.540. The van der Waals surface area contributed by atoms with Gasteiger partial charge < -0.3 is 25.8 Å². The average Bonchev–Trinajstić information content (AvgIpc) is 3.14. The van der Waals surface area contributed by atoms with Crippen molar-refractivity contribution in [3.8, 4) is 5.75 Å². The number of carboxylic acids is 1. The molecule has 1 fully saturated rings. The van der Waals surface area contributed by atoms with Gasteiger partial charge in [0.25, 0.3) is 5.91 Å². The number of benzene rings is 1. The molecule has 0 bridgehead atoms. The summed E-state index contributed by atoms with van der Waals surface area (Å²) in [5, 5.41) is 13.1. The number of nitrogens with one attached hydrogen (secondary N) is 1. The number of ether oxygens (including phenoxy) is 1. The van der Waals surface area contributed by atoms with Gasteiger partial charge >= 0.3 is 5.97 Å². The van der Waals surface area contributed by atoms with Gasteiger partial charge in [0.05, 0.1) is 17.6 Å². The fourth-order valence-corrected chi connectivity index (χ4v) is 5.59. The number of carbonyl (C=O) groups is 2. The molecule has 2 aromatic heterocycles. The minimum Gasteiger partial charge on any atom is -0.491 e. The summed E-state index contributed by atoms with van der Waals surface area (Å²) in [6.45, 7) is 3.74. The summed E-state index contributed by atoms with van der Waals surface area (Å²) in [6.07, 6.45) is 1.97. The van der Waals surface area contributed by atoms with Crippen LogP contribution in [0.15, 0.2) is 30.3 Å². The number of thiophene rings is 1. The van der Waals surface area contributed by atoms with Crippen molar-refractivity contribution in [2.24, 2.45) is 5.92 Å². The van der Waals surface area contributed by atoms with E-state index in [9.17, 15) is 14.7 Å². The van der Waals surface area contributed by atoms with Crippen LogP contribution < -0.4 is 20.7 Å². The van der Waals surface area contributed by atoms with E-state index in [1.807, 2.05) is 37.3 Å². The number of nitrogen functional groups attached to an aromatic ring is 1. The monoisotopic (exact) mass is 466 g/mol. The first kappa shape index (κ1) is 21.5. The first-order valence-electron chi connectivity index (χ1n) is 11.1. The van der Waals surface area contributed by atoms with Crippen molar-refractivity contribution < 1.29 is 19.4 Å². The number of piperidine rings is 1. The Kier molecular flexibility index (Phi) is 5.57. The van der Waals surface area contributed by atoms with E-state index in [0.717, 1.165) is 46.0 Å². The van der Waals surface area contributed by atoms with Gasteiger partial charge in [0.2, 0.25) is 0 Å². The number of anilines is 2. The van der Waals surface area contributed by atoms with Crippen LogP contribution in [0, 0.1) is 12.8 Å². The number of hydrogen-bond donors (Lipinski definition) is 3. The van der Waals surface area contributed by atoms with Gasteiger partial charge in [-0.15, -0.1) is 11.3 Å². The second kappa shape index (κ2) is 8.55. The number of nitrogens with two attached hydrogens (primary N) is 1. The van der Waals surface area contributed by atoms with E-state index in [0.29, 0.717) is 36.4 Å². The van der Waals surface area contributed by atoms with Crippen LogP contribution in [0.2, 0.25) is 0 Å². The molecule has 5 rings (SSSR count). The Morgan fingerprint density at radius 1 is 1.24 bits per heavy atom. The molecule has 4 heterocycles. The Bertz CT molecular complexity index is 1230. The van der Waals surface area contributed by atoms with Crippen molar-refractivity contribution >= 4 is 44.8 Å². The number of fused-ring (bicyclic) bond motifs is 2. The predicted molar refractivity (Wildman–Crippen MR) is 128 cm³/mol. The summed E-state index contributed by atoms with van der Waals surface area (Å²) in [5.74, 6) is -0.350. The van der Waals surface area contributed by atoms with Gasteiger partial charge in [0.15, 0.2) is 0 Å². The van der Waals surface area contributed by atoms with Gasteiger partial charge in [-0.1, -0.05) is 6.07 Å². The van der Waals surface area contributed by atoms with E-state index in [2.05, 4.69) is 15.2 Å². The van der Waals surface area contributed by atoms with Crippen LogP contribution >= 0.6 is 11.3 Å². The van der Waals surface area contributed by atoms with Crippen LogP contribution in [0.1, 0.15) is 33.8 Å². The molecule has 0 radical (unpaired) electrons. The standard InChI is InChI=1S/C24H26N4O4S/c1-13-2-5-18-20(25)21(33-23(18)26-13)22(29)27-16-10-15-3-4-17(11-19(15)32-12-16)28-8-6-14(7-9-28)24(30)31/h2-5,11,14,16H,6-10,12,25H2,1H3,(H,27,29)(H,30,31). The van der Waals surface area contributed by atoms with E-state index in [4.69, 9.17) is 10.5 Å². The molecule has 1 aromatic carbocycles. The molecule has 4 N–H and O–H groups in total. The van der Waals surface area contributed by atoms with Gasteiger partial charge in [-0.25, -0.2) is 4.98 Å². The molecule has 1 unspecified atom stereocenters. The largest absolute Gasteiger partial charge is 0.491 e. The van der Waals surface area contributed by atoms with Crippen molar-refractivity contribution in [3.05, 3.63) is 46.5 Å². The number of rotatable bonds is 4. The number of hydrogen-bond acceptors (Lipinski definition) is 7. The molecule has 2 aliphatic rings. The molecule has 0 aliphatic carbocycles. The van der Waals surface area contributed by atoms with Crippen molar-refractivity contribution in [2.75, 3.05) is 30.3 Å². The predicted octanol–water partition coefficient (Wildman–Crippen LogP) is 3.22. The normalized spacial score (nSPS) is 18.6. The van der Waals surface area contributed by atoms with E-state index >= 15 is 0 Å². The van der Waals surface area contributed by atoms with Crippen molar-refractivity contribution in [1.29, 1.82) is 0 Å². The summed E-state index contributed by atoms with van der Waals surface area (Å²) in [7, 11) is 0. The highest BCUT2D eigenvalue weighted by Crippen LogP contribution is 2.34. The highest BCUT2D eigenvalue weighted by Gasteiger charge is 2.27. The maximum atomic E-state index is 12.9. The summed E-state index contributed by atoms with van der Waals surface area (Å²) in [5.41, 5.74) is 9.66. The number of aryl methyl sites for hydroxylation is 1.